The zero-order chi connectivity index (χ0) is 33.7. The predicted molar refractivity (Wildman–Crippen MR) is 219 cm³/mol. The fourth-order valence-corrected chi connectivity index (χ4v) is 10.1. The maximum Gasteiger partial charge on any atom is 0.332 e. The molecule has 0 N–H and O–H groups in total. The molecule has 4 aliphatic rings. The van der Waals surface area contributed by atoms with Gasteiger partial charge in [-0.3, -0.25) is 0 Å². The number of hydrogen-bond donors (Lipinski definition) is 0. The van der Waals surface area contributed by atoms with Crippen LogP contribution in [0.25, 0.3) is 44.1 Å². The summed E-state index contributed by atoms with van der Waals surface area (Å²) >= 11 is 0. The van der Waals surface area contributed by atoms with Crippen molar-refractivity contribution in [2.45, 2.75) is 0 Å². The average Bonchev–Trinajstić information content (AvgIpc) is 3.84. The average molecular weight is 658 g/mol. The molecule has 13 rings (SSSR count). The summed E-state index contributed by atoms with van der Waals surface area (Å²) in [6.07, 6.45) is 4.63. The minimum Gasteiger partial charge on any atom is -0.382 e. The van der Waals surface area contributed by atoms with Crippen molar-refractivity contribution in [3.63, 3.8) is 0 Å². The Hall–Kier alpha value is -6.65. The highest BCUT2D eigenvalue weighted by Crippen LogP contribution is 2.47. The lowest BCUT2D eigenvalue weighted by atomic mass is 9.41. The molecule has 0 amide bonds. The van der Waals surface area contributed by atoms with Gasteiger partial charge in [-0.1, -0.05) is 103 Å². The first-order chi connectivity index (χ1) is 25.8. The summed E-state index contributed by atoms with van der Waals surface area (Å²) in [5.41, 5.74) is 20.5. The number of benzene rings is 7. The molecule has 6 heterocycles. The fraction of sp³-hybridized carbons (Fsp3) is 0. The van der Waals surface area contributed by atoms with Gasteiger partial charge in [0, 0.05) is 56.3 Å². The van der Waals surface area contributed by atoms with Crippen molar-refractivity contribution >= 4 is 91.5 Å². The van der Waals surface area contributed by atoms with Gasteiger partial charge in [0.15, 0.2) is 0 Å². The normalized spacial score (nSPS) is 14.0. The number of aromatic nitrogens is 2. The molecular formula is C46H28B2N4. The fourth-order valence-electron chi connectivity index (χ4n) is 10.1. The Morgan fingerprint density at radius 1 is 0.346 bits per heavy atom. The van der Waals surface area contributed by atoms with Crippen LogP contribution in [0.2, 0.25) is 0 Å². The smallest absolute Gasteiger partial charge is 0.332 e. The highest BCUT2D eigenvalue weighted by Gasteiger charge is 2.46. The van der Waals surface area contributed by atoms with E-state index in [9.17, 15) is 0 Å². The first-order valence-electron chi connectivity index (χ1n) is 18.2. The third kappa shape index (κ3) is 3.22. The second-order valence-corrected chi connectivity index (χ2v) is 14.5. The Morgan fingerprint density at radius 2 is 0.788 bits per heavy atom. The summed E-state index contributed by atoms with van der Waals surface area (Å²) in [5.74, 6) is 0. The summed E-state index contributed by atoms with van der Waals surface area (Å²) in [6.45, 7) is 0.0578. The number of fused-ring (bicyclic) bond motifs is 8. The van der Waals surface area contributed by atoms with Crippen molar-refractivity contribution in [2.24, 2.45) is 0 Å². The van der Waals surface area contributed by atoms with Gasteiger partial charge in [0.25, 0.3) is 0 Å². The standard InChI is InChI=1S/C46H28B2N4/c1-3-13-31(14-4-1)51-39-21-9-17-33-35-19-7-11-29-23-25-49(45(29)35)47(43(33)39)37-27-38-42(28-41(37)51)52(32-15-5-2-6-16-32)40-22-10-18-34-36-20-8-12-30-24-26-50(46(30)36)48(38)44(34)40/h1-28H. The van der Waals surface area contributed by atoms with E-state index >= 15 is 0 Å². The van der Waals surface area contributed by atoms with Crippen LogP contribution in [0.5, 0.6) is 0 Å². The van der Waals surface area contributed by atoms with Crippen LogP contribution >= 0.6 is 0 Å². The van der Waals surface area contributed by atoms with Crippen molar-refractivity contribution in [3.8, 4) is 22.3 Å². The largest absolute Gasteiger partial charge is 0.382 e. The molecule has 0 atom stereocenters. The number of hydrogen-bond acceptors (Lipinski definition) is 2. The molecule has 0 aliphatic carbocycles. The minimum absolute atomic E-state index is 0.0289. The van der Waals surface area contributed by atoms with Gasteiger partial charge in [0.1, 0.15) is 0 Å². The lowest BCUT2D eigenvalue weighted by molar-refractivity contribution is 1.21. The molecule has 0 fully saturated rings. The molecule has 6 heteroatoms. The van der Waals surface area contributed by atoms with Gasteiger partial charge in [0.05, 0.1) is 0 Å². The van der Waals surface area contributed by atoms with Crippen LogP contribution in [0.1, 0.15) is 0 Å². The van der Waals surface area contributed by atoms with E-state index < -0.39 is 0 Å². The van der Waals surface area contributed by atoms with Crippen molar-refractivity contribution < 1.29 is 0 Å². The molecule has 0 saturated heterocycles. The van der Waals surface area contributed by atoms with E-state index in [-0.39, 0.29) is 13.7 Å². The zero-order valence-corrected chi connectivity index (χ0v) is 28.1. The van der Waals surface area contributed by atoms with Crippen LogP contribution in [-0.4, -0.2) is 22.7 Å². The minimum atomic E-state index is 0.0289. The number of para-hydroxylation sites is 4. The SMILES string of the molecule is c1ccc(N2c3cc4c(cc3B3c5c(cccc52)-c2cccc5ccn3c25)B2c3c(cccc3N4c3ccccc3)-c3cccc4ccn2c34)cc1. The first kappa shape index (κ1) is 27.1. The lowest BCUT2D eigenvalue weighted by Crippen LogP contribution is -2.61. The zero-order valence-electron chi connectivity index (χ0n) is 28.1. The summed E-state index contributed by atoms with van der Waals surface area (Å²) in [7, 11) is 0. The quantitative estimate of drug-likeness (QED) is 0.174. The van der Waals surface area contributed by atoms with Crippen LogP contribution in [0.3, 0.4) is 0 Å². The molecule has 0 radical (unpaired) electrons. The monoisotopic (exact) mass is 658 g/mol. The molecule has 9 aromatic rings. The van der Waals surface area contributed by atoms with Crippen LogP contribution in [0, 0.1) is 0 Å². The van der Waals surface area contributed by atoms with Gasteiger partial charge >= 0.3 is 13.7 Å². The lowest BCUT2D eigenvalue weighted by Gasteiger charge is -2.44. The Labute approximate surface area is 301 Å². The van der Waals surface area contributed by atoms with Gasteiger partial charge in [0.2, 0.25) is 0 Å². The number of nitrogens with zero attached hydrogens (tertiary/aromatic N) is 4. The number of anilines is 6. The van der Waals surface area contributed by atoms with E-state index in [1.807, 2.05) is 0 Å². The summed E-state index contributed by atoms with van der Waals surface area (Å²) in [6, 6.07) is 58.8. The van der Waals surface area contributed by atoms with Gasteiger partial charge in [-0.2, -0.15) is 0 Å². The van der Waals surface area contributed by atoms with Crippen LogP contribution in [0.15, 0.2) is 170 Å². The van der Waals surface area contributed by atoms with Crippen LogP contribution in [0.4, 0.5) is 34.1 Å². The topological polar surface area (TPSA) is 16.3 Å². The number of rotatable bonds is 2. The van der Waals surface area contributed by atoms with E-state index in [1.165, 1.54) is 88.7 Å². The molecule has 7 aromatic carbocycles. The second kappa shape index (κ2) is 9.56. The van der Waals surface area contributed by atoms with E-state index in [4.69, 9.17) is 0 Å². The third-order valence-electron chi connectivity index (χ3n) is 12.1. The Morgan fingerprint density at radius 3 is 1.27 bits per heavy atom. The summed E-state index contributed by atoms with van der Waals surface area (Å²) in [5, 5.41) is 2.57. The van der Waals surface area contributed by atoms with Crippen molar-refractivity contribution in [3.05, 3.63) is 170 Å². The highest BCUT2D eigenvalue weighted by molar-refractivity contribution is 6.92. The third-order valence-corrected chi connectivity index (χ3v) is 12.1. The molecule has 238 valence electrons. The Kier molecular flexibility index (Phi) is 4.99. The van der Waals surface area contributed by atoms with Crippen molar-refractivity contribution in [2.75, 3.05) is 9.80 Å². The maximum atomic E-state index is 2.57. The second-order valence-electron chi connectivity index (χ2n) is 14.5. The van der Waals surface area contributed by atoms with Crippen molar-refractivity contribution in [1.29, 1.82) is 0 Å². The van der Waals surface area contributed by atoms with Crippen LogP contribution < -0.4 is 31.7 Å². The van der Waals surface area contributed by atoms with Gasteiger partial charge in [-0.25, -0.2) is 0 Å². The van der Waals surface area contributed by atoms with E-state index in [1.54, 1.807) is 0 Å². The van der Waals surface area contributed by atoms with E-state index in [0.29, 0.717) is 0 Å². The molecule has 0 unspecified atom stereocenters. The van der Waals surface area contributed by atoms with Gasteiger partial charge in [-0.15, -0.1) is 0 Å². The molecule has 4 nitrogen and oxygen atoms in total. The Bertz CT molecular complexity index is 2800. The molecular weight excluding hydrogens is 630 g/mol. The van der Waals surface area contributed by atoms with Gasteiger partial charge in [-0.05, 0) is 111 Å². The summed E-state index contributed by atoms with van der Waals surface area (Å²) in [4.78, 5) is 5.03. The molecule has 0 bridgehead atoms. The molecule has 4 aliphatic heterocycles. The van der Waals surface area contributed by atoms with E-state index in [0.717, 1.165) is 11.4 Å². The highest BCUT2D eigenvalue weighted by atomic mass is 15.2. The molecule has 0 saturated carbocycles. The van der Waals surface area contributed by atoms with Crippen molar-refractivity contribution in [1.82, 2.24) is 8.96 Å². The molecule has 52 heavy (non-hydrogen) atoms. The Balaban J connectivity index is 1.19. The van der Waals surface area contributed by atoms with Crippen LogP contribution in [-0.2, 0) is 0 Å². The van der Waals surface area contributed by atoms with Gasteiger partial charge < -0.3 is 18.8 Å². The predicted octanol–water partition coefficient (Wildman–Crippen LogP) is 8.43. The summed E-state index contributed by atoms with van der Waals surface area (Å²) < 4.78 is 5.09. The maximum absolute atomic E-state index is 2.57. The molecule has 0 spiro atoms. The molecule has 2 aromatic heterocycles. The first-order valence-corrected chi connectivity index (χ1v) is 18.2. The van der Waals surface area contributed by atoms with E-state index in [2.05, 4.69) is 189 Å².